The number of aliphatic hydroxyl groups is 1. The van der Waals surface area contributed by atoms with Gasteiger partial charge < -0.3 is 14.7 Å². The first-order chi connectivity index (χ1) is 8.37. The molecular weight excluding hydrogens is 256 g/mol. The Morgan fingerprint density at radius 2 is 2.11 bits per heavy atom. The third-order valence-electron chi connectivity index (χ3n) is 2.81. The predicted molar refractivity (Wildman–Crippen MR) is 71.0 cm³/mol. The van der Waals surface area contributed by atoms with Gasteiger partial charge in [-0.25, -0.2) is 4.79 Å². The molecule has 18 heavy (non-hydrogen) atoms. The summed E-state index contributed by atoms with van der Waals surface area (Å²) in [6.07, 6.45) is -0.355. The quantitative estimate of drug-likeness (QED) is 0.787. The van der Waals surface area contributed by atoms with Crippen LogP contribution in [0.15, 0.2) is 0 Å². The minimum Gasteiger partial charge on any atom is -0.444 e. The van der Waals surface area contributed by atoms with E-state index in [1.807, 2.05) is 20.8 Å². The number of alkyl halides is 1. The molecular formula is C12H23ClN2O3. The number of rotatable bonds is 3. The van der Waals surface area contributed by atoms with E-state index in [1.165, 1.54) is 0 Å². The smallest absolute Gasteiger partial charge is 0.410 e. The lowest BCUT2D eigenvalue weighted by Crippen LogP contribution is -2.57. The molecule has 0 aromatic heterocycles. The third kappa shape index (κ3) is 4.63. The van der Waals surface area contributed by atoms with Gasteiger partial charge >= 0.3 is 6.09 Å². The lowest BCUT2D eigenvalue weighted by molar-refractivity contribution is -0.0107. The molecule has 1 aliphatic rings. The van der Waals surface area contributed by atoms with Crippen LogP contribution in [-0.4, -0.2) is 71.3 Å². The molecule has 0 spiro atoms. The average molecular weight is 279 g/mol. The van der Waals surface area contributed by atoms with Crippen molar-refractivity contribution < 1.29 is 14.6 Å². The number of carbonyl (C=O) groups excluding carboxylic acids is 1. The SMILES string of the molecule is CC(C)(C)OC(=O)N1CCN(CCCl)C[C@H]1CO. The molecule has 0 aromatic carbocycles. The van der Waals surface area contributed by atoms with Gasteiger partial charge in [0.15, 0.2) is 0 Å². The van der Waals surface area contributed by atoms with Crippen LogP contribution < -0.4 is 0 Å². The van der Waals surface area contributed by atoms with Gasteiger partial charge in [0.05, 0.1) is 12.6 Å². The van der Waals surface area contributed by atoms with E-state index in [9.17, 15) is 9.90 Å². The van der Waals surface area contributed by atoms with Crippen LogP contribution in [0.1, 0.15) is 20.8 Å². The highest BCUT2D eigenvalue weighted by atomic mass is 35.5. The first-order valence-corrected chi connectivity index (χ1v) is 6.79. The maximum atomic E-state index is 12.0. The molecule has 0 aromatic rings. The molecule has 0 radical (unpaired) electrons. The molecule has 1 amide bonds. The monoisotopic (exact) mass is 278 g/mol. The summed E-state index contributed by atoms with van der Waals surface area (Å²) in [6.45, 7) is 8.20. The lowest BCUT2D eigenvalue weighted by Gasteiger charge is -2.40. The Kier molecular flexibility index (Phi) is 5.69. The van der Waals surface area contributed by atoms with Crippen LogP contribution in [0, 0.1) is 0 Å². The van der Waals surface area contributed by atoms with Gasteiger partial charge in [0.2, 0.25) is 0 Å². The second-order valence-electron chi connectivity index (χ2n) is 5.50. The number of hydrogen-bond donors (Lipinski definition) is 1. The maximum absolute atomic E-state index is 12.0. The molecule has 6 heteroatoms. The van der Waals surface area contributed by atoms with Crippen molar-refractivity contribution in [1.82, 2.24) is 9.80 Å². The van der Waals surface area contributed by atoms with Gasteiger partial charge in [0.25, 0.3) is 0 Å². The summed E-state index contributed by atoms with van der Waals surface area (Å²) in [5.41, 5.74) is -0.510. The van der Waals surface area contributed by atoms with Gasteiger partial charge in [0.1, 0.15) is 5.60 Å². The number of hydrogen-bond acceptors (Lipinski definition) is 4. The maximum Gasteiger partial charge on any atom is 0.410 e. The van der Waals surface area contributed by atoms with Crippen molar-refractivity contribution >= 4 is 17.7 Å². The zero-order valence-corrected chi connectivity index (χ0v) is 12.1. The van der Waals surface area contributed by atoms with Gasteiger partial charge in [-0.2, -0.15) is 0 Å². The summed E-state index contributed by atoms with van der Waals surface area (Å²) < 4.78 is 5.34. The second kappa shape index (κ2) is 6.59. The number of nitrogens with zero attached hydrogens (tertiary/aromatic N) is 2. The topological polar surface area (TPSA) is 53.0 Å². The Morgan fingerprint density at radius 3 is 2.61 bits per heavy atom. The van der Waals surface area contributed by atoms with E-state index < -0.39 is 5.60 Å². The lowest BCUT2D eigenvalue weighted by atomic mass is 10.2. The molecule has 1 heterocycles. The van der Waals surface area contributed by atoms with E-state index in [2.05, 4.69) is 4.90 Å². The first-order valence-electron chi connectivity index (χ1n) is 6.26. The van der Waals surface area contributed by atoms with Crippen LogP contribution in [-0.2, 0) is 4.74 Å². The van der Waals surface area contributed by atoms with Crippen molar-refractivity contribution in [1.29, 1.82) is 0 Å². The normalized spacial score (nSPS) is 22.1. The van der Waals surface area contributed by atoms with Gasteiger partial charge in [-0.1, -0.05) is 0 Å². The zero-order valence-electron chi connectivity index (χ0n) is 11.4. The Bertz CT molecular complexity index is 281. The minimum atomic E-state index is -0.510. The molecule has 0 aliphatic carbocycles. The van der Waals surface area contributed by atoms with Crippen molar-refractivity contribution in [3.63, 3.8) is 0 Å². The number of halogens is 1. The Hall–Kier alpha value is -0.520. The molecule has 1 fully saturated rings. The fraction of sp³-hybridized carbons (Fsp3) is 0.917. The Morgan fingerprint density at radius 1 is 1.44 bits per heavy atom. The van der Waals surface area contributed by atoms with E-state index in [0.717, 1.165) is 13.1 Å². The fourth-order valence-electron chi connectivity index (χ4n) is 1.96. The molecule has 5 nitrogen and oxygen atoms in total. The zero-order chi connectivity index (χ0) is 13.8. The summed E-state index contributed by atoms with van der Waals surface area (Å²) in [5, 5.41) is 9.39. The van der Waals surface area contributed by atoms with Crippen LogP contribution in [0.3, 0.4) is 0 Å². The van der Waals surface area contributed by atoms with Crippen molar-refractivity contribution in [2.24, 2.45) is 0 Å². The van der Waals surface area contributed by atoms with Crippen LogP contribution in [0.5, 0.6) is 0 Å². The summed E-state index contributed by atoms with van der Waals surface area (Å²) in [5.74, 6) is 0.560. The van der Waals surface area contributed by atoms with Crippen molar-refractivity contribution in [2.45, 2.75) is 32.4 Å². The molecule has 0 saturated carbocycles. The van der Waals surface area contributed by atoms with Crippen molar-refractivity contribution in [2.75, 3.05) is 38.7 Å². The molecule has 1 saturated heterocycles. The summed E-state index contributed by atoms with van der Waals surface area (Å²) >= 11 is 5.70. The van der Waals surface area contributed by atoms with E-state index in [0.29, 0.717) is 19.0 Å². The third-order valence-corrected chi connectivity index (χ3v) is 2.98. The van der Waals surface area contributed by atoms with Gasteiger partial charge in [-0.15, -0.1) is 11.6 Å². The van der Waals surface area contributed by atoms with Crippen LogP contribution in [0.2, 0.25) is 0 Å². The minimum absolute atomic E-state index is 0.0575. The van der Waals surface area contributed by atoms with E-state index in [1.54, 1.807) is 4.90 Å². The van der Waals surface area contributed by atoms with Gasteiger partial charge in [-0.3, -0.25) is 4.90 Å². The Balaban J connectivity index is 2.58. The number of amides is 1. The highest BCUT2D eigenvalue weighted by Gasteiger charge is 2.32. The molecule has 1 rings (SSSR count). The molecule has 0 bridgehead atoms. The molecule has 106 valence electrons. The van der Waals surface area contributed by atoms with Crippen LogP contribution >= 0.6 is 11.6 Å². The van der Waals surface area contributed by atoms with Crippen LogP contribution in [0.25, 0.3) is 0 Å². The summed E-state index contributed by atoms with van der Waals surface area (Å²) in [6, 6.07) is -0.211. The largest absolute Gasteiger partial charge is 0.444 e. The molecule has 0 unspecified atom stereocenters. The highest BCUT2D eigenvalue weighted by Crippen LogP contribution is 2.15. The van der Waals surface area contributed by atoms with Crippen LogP contribution in [0.4, 0.5) is 4.79 Å². The fourth-order valence-corrected chi connectivity index (χ4v) is 2.20. The van der Waals surface area contributed by atoms with Gasteiger partial charge in [0, 0.05) is 32.1 Å². The number of ether oxygens (including phenoxy) is 1. The van der Waals surface area contributed by atoms with E-state index in [4.69, 9.17) is 16.3 Å². The summed E-state index contributed by atoms with van der Waals surface area (Å²) in [4.78, 5) is 15.8. The van der Waals surface area contributed by atoms with Crippen molar-refractivity contribution in [3.8, 4) is 0 Å². The standard InChI is InChI=1S/C12H23ClN2O3/c1-12(2,3)18-11(17)15-7-6-14(5-4-13)8-10(15)9-16/h10,16H,4-9H2,1-3H3/t10-/m0/s1. The number of piperazine rings is 1. The van der Waals surface area contributed by atoms with Crippen molar-refractivity contribution in [3.05, 3.63) is 0 Å². The second-order valence-corrected chi connectivity index (χ2v) is 5.88. The van der Waals surface area contributed by atoms with Gasteiger partial charge in [-0.05, 0) is 20.8 Å². The number of aliphatic hydroxyl groups excluding tert-OH is 1. The highest BCUT2D eigenvalue weighted by molar-refractivity contribution is 6.18. The molecule has 1 N–H and O–H groups in total. The predicted octanol–water partition coefficient (Wildman–Crippen LogP) is 1.14. The Labute approximate surface area is 114 Å². The molecule has 1 aliphatic heterocycles. The number of carbonyl (C=O) groups is 1. The van der Waals surface area contributed by atoms with E-state index >= 15 is 0 Å². The molecule has 1 atom stereocenters. The first kappa shape index (κ1) is 15.5. The van der Waals surface area contributed by atoms with E-state index in [-0.39, 0.29) is 18.7 Å². The summed E-state index contributed by atoms with van der Waals surface area (Å²) in [7, 11) is 0. The average Bonchev–Trinajstić information content (AvgIpc) is 2.27.